The van der Waals surface area contributed by atoms with Crippen LogP contribution in [-0.4, -0.2) is 36.3 Å². The Kier molecular flexibility index (Phi) is 3.87. The van der Waals surface area contributed by atoms with Crippen molar-refractivity contribution >= 4 is 23.4 Å². The summed E-state index contributed by atoms with van der Waals surface area (Å²) in [4.78, 5) is 25.4. The minimum Gasteiger partial charge on any atom is -0.354 e. The highest BCUT2D eigenvalue weighted by molar-refractivity contribution is 6.31. The van der Waals surface area contributed by atoms with E-state index in [1.165, 1.54) is 0 Å². The molecule has 1 aliphatic heterocycles. The zero-order valence-electron chi connectivity index (χ0n) is 10.2. The van der Waals surface area contributed by atoms with Crippen LogP contribution in [0.5, 0.6) is 0 Å². The van der Waals surface area contributed by atoms with E-state index in [2.05, 4.69) is 5.32 Å². The molecular formula is C13H15ClN2O2. The van der Waals surface area contributed by atoms with E-state index < -0.39 is 0 Å². The molecule has 0 radical (unpaired) electrons. The summed E-state index contributed by atoms with van der Waals surface area (Å²) in [6, 6.07) is 5.22. The zero-order valence-corrected chi connectivity index (χ0v) is 11.0. The number of amides is 2. The molecule has 0 spiro atoms. The first-order valence-electron chi connectivity index (χ1n) is 5.90. The summed E-state index contributed by atoms with van der Waals surface area (Å²) >= 11 is 5.91. The van der Waals surface area contributed by atoms with Gasteiger partial charge in [-0.25, -0.2) is 0 Å². The maximum Gasteiger partial charge on any atom is 0.254 e. The van der Waals surface area contributed by atoms with Crippen molar-refractivity contribution in [2.45, 2.75) is 13.3 Å². The van der Waals surface area contributed by atoms with Gasteiger partial charge in [-0.2, -0.15) is 0 Å². The first kappa shape index (κ1) is 12.9. The molecule has 1 heterocycles. The maximum atomic E-state index is 12.4. The van der Waals surface area contributed by atoms with Crippen LogP contribution in [0.2, 0.25) is 5.02 Å². The zero-order chi connectivity index (χ0) is 13.1. The van der Waals surface area contributed by atoms with Crippen LogP contribution in [0.1, 0.15) is 22.3 Å². The molecule has 4 nitrogen and oxygen atoms in total. The SMILES string of the molecule is Cc1ccc(Cl)cc1C(=O)N1CCCNC(=O)C1. The fourth-order valence-electron chi connectivity index (χ4n) is 1.97. The number of halogens is 1. The van der Waals surface area contributed by atoms with Crippen LogP contribution in [-0.2, 0) is 4.79 Å². The normalized spacial score (nSPS) is 16.1. The van der Waals surface area contributed by atoms with Crippen molar-refractivity contribution in [3.63, 3.8) is 0 Å². The van der Waals surface area contributed by atoms with Gasteiger partial charge >= 0.3 is 0 Å². The molecular weight excluding hydrogens is 252 g/mol. The number of benzene rings is 1. The second kappa shape index (κ2) is 5.40. The van der Waals surface area contributed by atoms with E-state index in [9.17, 15) is 9.59 Å². The lowest BCUT2D eigenvalue weighted by molar-refractivity contribution is -0.121. The Labute approximate surface area is 111 Å². The highest BCUT2D eigenvalue weighted by Gasteiger charge is 2.22. The van der Waals surface area contributed by atoms with Crippen LogP contribution in [0.4, 0.5) is 0 Å². The van der Waals surface area contributed by atoms with Gasteiger partial charge in [0.05, 0.1) is 6.54 Å². The minimum absolute atomic E-state index is 0.111. The molecule has 0 aromatic heterocycles. The monoisotopic (exact) mass is 266 g/mol. The lowest BCUT2D eigenvalue weighted by atomic mass is 10.1. The molecule has 0 unspecified atom stereocenters. The smallest absolute Gasteiger partial charge is 0.254 e. The average Bonchev–Trinajstić information content (AvgIpc) is 2.56. The third kappa shape index (κ3) is 2.82. The molecule has 1 saturated heterocycles. The molecule has 1 N–H and O–H groups in total. The molecule has 18 heavy (non-hydrogen) atoms. The number of hydrogen-bond donors (Lipinski definition) is 1. The number of hydrogen-bond acceptors (Lipinski definition) is 2. The molecule has 2 rings (SSSR count). The topological polar surface area (TPSA) is 49.4 Å². The molecule has 96 valence electrons. The average molecular weight is 267 g/mol. The number of nitrogens with zero attached hydrogens (tertiary/aromatic N) is 1. The Balaban J connectivity index is 2.24. The Morgan fingerprint density at radius 2 is 2.22 bits per heavy atom. The molecule has 1 aromatic rings. The quantitative estimate of drug-likeness (QED) is 0.840. The maximum absolute atomic E-state index is 12.4. The largest absolute Gasteiger partial charge is 0.354 e. The number of carbonyl (C=O) groups excluding carboxylic acids is 2. The molecule has 0 aliphatic carbocycles. The highest BCUT2D eigenvalue weighted by Crippen LogP contribution is 2.17. The number of rotatable bonds is 1. The number of carbonyl (C=O) groups is 2. The summed E-state index contributed by atoms with van der Waals surface area (Å²) in [6.45, 7) is 3.19. The summed E-state index contributed by atoms with van der Waals surface area (Å²) in [5, 5.41) is 3.28. The Morgan fingerprint density at radius 1 is 1.44 bits per heavy atom. The van der Waals surface area contributed by atoms with Crippen LogP contribution in [0.15, 0.2) is 18.2 Å². The molecule has 1 fully saturated rings. The van der Waals surface area contributed by atoms with Crippen molar-refractivity contribution in [1.29, 1.82) is 0 Å². The predicted molar refractivity (Wildman–Crippen MR) is 69.7 cm³/mol. The van der Waals surface area contributed by atoms with Gasteiger partial charge in [-0.3, -0.25) is 9.59 Å². The first-order valence-corrected chi connectivity index (χ1v) is 6.28. The highest BCUT2D eigenvalue weighted by atomic mass is 35.5. The molecule has 1 aliphatic rings. The van der Waals surface area contributed by atoms with E-state index in [4.69, 9.17) is 11.6 Å². The van der Waals surface area contributed by atoms with Crippen LogP contribution in [0, 0.1) is 6.92 Å². The van der Waals surface area contributed by atoms with Gasteiger partial charge in [0, 0.05) is 23.7 Å². The molecule has 2 amide bonds. The Morgan fingerprint density at radius 3 is 3.00 bits per heavy atom. The summed E-state index contributed by atoms with van der Waals surface area (Å²) in [7, 11) is 0. The Bertz CT molecular complexity index is 488. The number of nitrogens with one attached hydrogen (secondary N) is 1. The van der Waals surface area contributed by atoms with Gasteiger partial charge in [0.2, 0.25) is 5.91 Å². The fraction of sp³-hybridized carbons (Fsp3) is 0.385. The standard InChI is InChI=1S/C13H15ClN2O2/c1-9-3-4-10(14)7-11(9)13(18)16-6-2-5-15-12(17)8-16/h3-4,7H,2,5-6,8H2,1H3,(H,15,17). The molecule has 1 aromatic carbocycles. The minimum atomic E-state index is -0.132. The number of aryl methyl sites for hydroxylation is 1. The van der Waals surface area contributed by atoms with Crippen LogP contribution in [0.25, 0.3) is 0 Å². The second-order valence-corrected chi connectivity index (χ2v) is 4.83. The van der Waals surface area contributed by atoms with Gasteiger partial charge in [0.1, 0.15) is 0 Å². The second-order valence-electron chi connectivity index (χ2n) is 4.39. The Hall–Kier alpha value is -1.55. The first-order chi connectivity index (χ1) is 8.58. The molecule has 0 bridgehead atoms. The summed E-state index contributed by atoms with van der Waals surface area (Å²) < 4.78 is 0. The van der Waals surface area contributed by atoms with Crippen molar-refractivity contribution in [3.8, 4) is 0 Å². The van der Waals surface area contributed by atoms with Crippen molar-refractivity contribution in [2.75, 3.05) is 19.6 Å². The lowest BCUT2D eigenvalue weighted by Crippen LogP contribution is -2.37. The van der Waals surface area contributed by atoms with Crippen LogP contribution in [0.3, 0.4) is 0 Å². The van der Waals surface area contributed by atoms with E-state index in [1.54, 1.807) is 17.0 Å². The van der Waals surface area contributed by atoms with E-state index in [1.807, 2.05) is 13.0 Å². The molecule has 5 heteroatoms. The van der Waals surface area contributed by atoms with Crippen molar-refractivity contribution < 1.29 is 9.59 Å². The third-order valence-corrected chi connectivity index (χ3v) is 3.21. The van der Waals surface area contributed by atoms with E-state index in [-0.39, 0.29) is 18.4 Å². The van der Waals surface area contributed by atoms with E-state index in [0.29, 0.717) is 23.7 Å². The van der Waals surface area contributed by atoms with Gasteiger partial charge < -0.3 is 10.2 Å². The molecule has 0 saturated carbocycles. The van der Waals surface area contributed by atoms with Crippen LogP contribution >= 0.6 is 11.6 Å². The van der Waals surface area contributed by atoms with Crippen molar-refractivity contribution in [3.05, 3.63) is 34.3 Å². The van der Waals surface area contributed by atoms with Crippen molar-refractivity contribution in [2.24, 2.45) is 0 Å². The van der Waals surface area contributed by atoms with E-state index in [0.717, 1.165) is 12.0 Å². The van der Waals surface area contributed by atoms with Gasteiger partial charge in [-0.05, 0) is 31.0 Å². The summed E-state index contributed by atoms with van der Waals surface area (Å²) in [5.41, 5.74) is 1.44. The lowest BCUT2D eigenvalue weighted by Gasteiger charge is -2.20. The fourth-order valence-corrected chi connectivity index (χ4v) is 2.15. The predicted octanol–water partition coefficient (Wildman–Crippen LogP) is 1.61. The van der Waals surface area contributed by atoms with Crippen molar-refractivity contribution in [1.82, 2.24) is 10.2 Å². The van der Waals surface area contributed by atoms with Gasteiger partial charge in [-0.15, -0.1) is 0 Å². The van der Waals surface area contributed by atoms with E-state index >= 15 is 0 Å². The molecule has 0 atom stereocenters. The van der Waals surface area contributed by atoms with Gasteiger partial charge in [0.15, 0.2) is 0 Å². The summed E-state index contributed by atoms with van der Waals surface area (Å²) in [6.07, 6.45) is 0.775. The van der Waals surface area contributed by atoms with Gasteiger partial charge in [0.25, 0.3) is 5.91 Å². The summed E-state index contributed by atoms with van der Waals surface area (Å²) in [5.74, 6) is -0.243. The third-order valence-electron chi connectivity index (χ3n) is 2.98. The van der Waals surface area contributed by atoms with Gasteiger partial charge in [-0.1, -0.05) is 17.7 Å². The van der Waals surface area contributed by atoms with Crippen LogP contribution < -0.4 is 5.32 Å².